The molecule has 1 aliphatic heterocycles. The van der Waals surface area contributed by atoms with Crippen LogP contribution in [0.5, 0.6) is 0 Å². The number of aryl methyl sites for hydroxylation is 2. The number of nitrogens with one attached hydrogen (secondary N) is 1. The van der Waals surface area contributed by atoms with Gasteiger partial charge in [0, 0.05) is 24.7 Å². The molecule has 1 aromatic carbocycles. The standard InChI is InChI=1S/C24H27N5O/c1-17-10-11-25-23(13-17)28-24-14-21(26-18(2)27-24)20-9-6-12-29(15-20)22(16-30)19-7-4-3-5-8-19/h3-5,7-8,10-11,13-14,16,20,22H,6,9,12,15H2,1-2H3,(H,25,26,27,28). The molecule has 0 saturated carbocycles. The van der Waals surface area contributed by atoms with E-state index in [0.29, 0.717) is 0 Å². The second kappa shape index (κ2) is 9.13. The molecule has 2 atom stereocenters. The first-order chi connectivity index (χ1) is 14.6. The minimum Gasteiger partial charge on any atom is -0.325 e. The number of nitrogens with zero attached hydrogens (tertiary/aromatic N) is 4. The number of aldehydes is 1. The number of benzene rings is 1. The number of likely N-dealkylation sites (tertiary alicyclic amines) is 1. The van der Waals surface area contributed by atoms with Crippen LogP contribution < -0.4 is 5.32 Å². The minimum atomic E-state index is -0.217. The lowest BCUT2D eigenvalue weighted by molar-refractivity contribution is -0.113. The van der Waals surface area contributed by atoms with E-state index in [-0.39, 0.29) is 12.0 Å². The van der Waals surface area contributed by atoms with Gasteiger partial charge < -0.3 is 10.1 Å². The number of carbonyl (C=O) groups is 1. The van der Waals surface area contributed by atoms with Crippen LogP contribution in [0, 0.1) is 13.8 Å². The Labute approximate surface area is 177 Å². The average molecular weight is 402 g/mol. The predicted molar refractivity (Wildman–Crippen MR) is 118 cm³/mol. The van der Waals surface area contributed by atoms with Gasteiger partial charge in [-0.3, -0.25) is 4.90 Å². The lowest BCUT2D eigenvalue weighted by Crippen LogP contribution is -2.38. The highest BCUT2D eigenvalue weighted by atomic mass is 16.1. The monoisotopic (exact) mass is 401 g/mol. The van der Waals surface area contributed by atoms with Crippen molar-refractivity contribution in [2.24, 2.45) is 0 Å². The molecule has 30 heavy (non-hydrogen) atoms. The predicted octanol–water partition coefficient (Wildman–Crippen LogP) is 4.35. The Balaban J connectivity index is 1.54. The van der Waals surface area contributed by atoms with E-state index in [1.165, 1.54) is 0 Å². The normalized spacial score (nSPS) is 18.0. The third-order valence-electron chi connectivity index (χ3n) is 5.56. The van der Waals surface area contributed by atoms with Crippen LogP contribution in [0.2, 0.25) is 0 Å². The van der Waals surface area contributed by atoms with Crippen molar-refractivity contribution in [3.05, 3.63) is 77.4 Å². The van der Waals surface area contributed by atoms with Crippen molar-refractivity contribution >= 4 is 17.9 Å². The van der Waals surface area contributed by atoms with Crippen LogP contribution in [0.25, 0.3) is 0 Å². The molecule has 1 saturated heterocycles. The van der Waals surface area contributed by atoms with Crippen molar-refractivity contribution in [2.75, 3.05) is 18.4 Å². The maximum atomic E-state index is 11.9. The van der Waals surface area contributed by atoms with E-state index in [9.17, 15) is 4.79 Å². The molecular formula is C24H27N5O. The maximum Gasteiger partial charge on any atom is 0.141 e. The highest BCUT2D eigenvalue weighted by Crippen LogP contribution is 2.31. The van der Waals surface area contributed by atoms with E-state index in [2.05, 4.69) is 20.2 Å². The third kappa shape index (κ3) is 4.71. The summed E-state index contributed by atoms with van der Waals surface area (Å²) in [6, 6.07) is 15.8. The molecule has 0 radical (unpaired) electrons. The zero-order chi connectivity index (χ0) is 20.9. The van der Waals surface area contributed by atoms with E-state index in [0.717, 1.165) is 66.5 Å². The quantitative estimate of drug-likeness (QED) is 0.619. The Kier molecular flexibility index (Phi) is 6.14. The van der Waals surface area contributed by atoms with Gasteiger partial charge in [0.05, 0.1) is 11.7 Å². The number of anilines is 2. The van der Waals surface area contributed by atoms with Gasteiger partial charge in [-0.15, -0.1) is 0 Å². The molecule has 0 amide bonds. The molecule has 1 N–H and O–H groups in total. The van der Waals surface area contributed by atoms with Crippen molar-refractivity contribution in [3.63, 3.8) is 0 Å². The van der Waals surface area contributed by atoms with Crippen LogP contribution in [0.15, 0.2) is 54.7 Å². The SMILES string of the molecule is Cc1ccnc(Nc2cc(C3CCCN(C(C=O)c4ccccc4)C3)nc(C)n2)c1. The molecule has 6 heteroatoms. The van der Waals surface area contributed by atoms with Crippen molar-refractivity contribution in [3.8, 4) is 0 Å². The molecule has 1 aliphatic rings. The van der Waals surface area contributed by atoms with Crippen LogP contribution in [0.4, 0.5) is 11.6 Å². The molecule has 1 fully saturated rings. The first-order valence-electron chi connectivity index (χ1n) is 10.4. The Bertz CT molecular complexity index is 1010. The summed E-state index contributed by atoms with van der Waals surface area (Å²) in [6.07, 6.45) is 4.93. The van der Waals surface area contributed by atoms with Crippen molar-refractivity contribution < 1.29 is 4.79 Å². The molecule has 3 aromatic rings. The van der Waals surface area contributed by atoms with Crippen LogP contribution >= 0.6 is 0 Å². The highest BCUT2D eigenvalue weighted by Gasteiger charge is 2.28. The smallest absolute Gasteiger partial charge is 0.141 e. The molecule has 2 aromatic heterocycles. The van der Waals surface area contributed by atoms with E-state index in [1.807, 2.05) is 62.4 Å². The highest BCUT2D eigenvalue weighted by molar-refractivity contribution is 5.61. The summed E-state index contributed by atoms with van der Waals surface area (Å²) in [4.78, 5) is 27.8. The van der Waals surface area contributed by atoms with Crippen LogP contribution in [-0.2, 0) is 4.79 Å². The third-order valence-corrected chi connectivity index (χ3v) is 5.56. The van der Waals surface area contributed by atoms with Gasteiger partial charge in [-0.1, -0.05) is 30.3 Å². The molecule has 6 nitrogen and oxygen atoms in total. The van der Waals surface area contributed by atoms with Gasteiger partial charge in [0.1, 0.15) is 23.7 Å². The molecule has 4 rings (SSSR count). The number of hydrogen-bond acceptors (Lipinski definition) is 6. The Morgan fingerprint density at radius 1 is 1.10 bits per heavy atom. The zero-order valence-corrected chi connectivity index (χ0v) is 17.5. The van der Waals surface area contributed by atoms with E-state index >= 15 is 0 Å². The number of pyridine rings is 1. The van der Waals surface area contributed by atoms with E-state index in [4.69, 9.17) is 4.98 Å². The van der Waals surface area contributed by atoms with Crippen LogP contribution in [0.3, 0.4) is 0 Å². The zero-order valence-electron chi connectivity index (χ0n) is 17.5. The Hall–Kier alpha value is -3.12. The van der Waals surface area contributed by atoms with Crippen molar-refractivity contribution in [2.45, 2.75) is 38.6 Å². The van der Waals surface area contributed by atoms with Crippen molar-refractivity contribution in [1.29, 1.82) is 0 Å². The molecule has 3 heterocycles. The molecular weight excluding hydrogens is 374 g/mol. The molecule has 2 unspecified atom stereocenters. The topological polar surface area (TPSA) is 71.0 Å². The maximum absolute atomic E-state index is 11.9. The Morgan fingerprint density at radius 3 is 2.70 bits per heavy atom. The van der Waals surface area contributed by atoms with Gasteiger partial charge >= 0.3 is 0 Å². The van der Waals surface area contributed by atoms with Gasteiger partial charge in [0.25, 0.3) is 0 Å². The summed E-state index contributed by atoms with van der Waals surface area (Å²) in [7, 11) is 0. The first-order valence-corrected chi connectivity index (χ1v) is 10.4. The molecule has 0 bridgehead atoms. The number of hydrogen-bond donors (Lipinski definition) is 1. The minimum absolute atomic E-state index is 0.217. The lowest BCUT2D eigenvalue weighted by atomic mass is 9.92. The fourth-order valence-electron chi connectivity index (χ4n) is 4.13. The average Bonchev–Trinajstić information content (AvgIpc) is 2.75. The molecule has 0 spiro atoms. The number of carbonyl (C=O) groups excluding carboxylic acids is 1. The molecule has 154 valence electrons. The Morgan fingerprint density at radius 2 is 1.93 bits per heavy atom. The second-order valence-corrected chi connectivity index (χ2v) is 7.89. The number of aromatic nitrogens is 3. The number of piperidine rings is 1. The van der Waals surface area contributed by atoms with E-state index in [1.54, 1.807) is 6.20 Å². The van der Waals surface area contributed by atoms with Crippen molar-refractivity contribution in [1.82, 2.24) is 19.9 Å². The first kappa shape index (κ1) is 20.2. The van der Waals surface area contributed by atoms with Gasteiger partial charge in [-0.05, 0) is 56.5 Å². The summed E-state index contributed by atoms with van der Waals surface area (Å²) >= 11 is 0. The van der Waals surface area contributed by atoms with Gasteiger partial charge in [-0.25, -0.2) is 15.0 Å². The largest absolute Gasteiger partial charge is 0.325 e. The summed E-state index contributed by atoms with van der Waals surface area (Å²) in [6.45, 7) is 5.67. The molecule has 0 aliphatic carbocycles. The van der Waals surface area contributed by atoms with Crippen LogP contribution in [0.1, 0.15) is 47.4 Å². The van der Waals surface area contributed by atoms with E-state index < -0.39 is 0 Å². The second-order valence-electron chi connectivity index (χ2n) is 7.89. The summed E-state index contributed by atoms with van der Waals surface area (Å²) in [5.41, 5.74) is 3.20. The van der Waals surface area contributed by atoms with Gasteiger partial charge in [0.2, 0.25) is 0 Å². The summed E-state index contributed by atoms with van der Waals surface area (Å²) in [5.74, 6) is 2.52. The lowest BCUT2D eigenvalue weighted by Gasteiger charge is -2.36. The summed E-state index contributed by atoms with van der Waals surface area (Å²) in [5, 5.41) is 3.30. The summed E-state index contributed by atoms with van der Waals surface area (Å²) < 4.78 is 0. The fraction of sp³-hybridized carbons (Fsp3) is 0.333. The fourth-order valence-corrected chi connectivity index (χ4v) is 4.13. The number of rotatable bonds is 6. The van der Waals surface area contributed by atoms with Crippen LogP contribution in [-0.4, -0.2) is 39.2 Å². The van der Waals surface area contributed by atoms with Gasteiger partial charge in [0.15, 0.2) is 0 Å². The van der Waals surface area contributed by atoms with Gasteiger partial charge in [-0.2, -0.15) is 0 Å².